The highest BCUT2D eigenvalue weighted by Crippen LogP contribution is 2.26. The Balaban J connectivity index is 3.16. The van der Waals surface area contributed by atoms with E-state index in [2.05, 4.69) is 0 Å². The Morgan fingerprint density at radius 2 is 1.77 bits per heavy atom. The summed E-state index contributed by atoms with van der Waals surface area (Å²) in [5.41, 5.74) is 0.902. The van der Waals surface area contributed by atoms with Gasteiger partial charge in [0.1, 0.15) is 11.6 Å². The van der Waals surface area contributed by atoms with Crippen molar-refractivity contribution in [3.63, 3.8) is 0 Å². The molecule has 72 valence electrons. The van der Waals surface area contributed by atoms with Gasteiger partial charge in [-0.2, -0.15) is 0 Å². The molecule has 0 aliphatic rings. The number of ether oxygens (including phenoxy) is 1. The summed E-state index contributed by atoms with van der Waals surface area (Å²) in [5, 5.41) is 0. The molecular weight excluding hydrogens is 167 g/mol. The highest BCUT2D eigenvalue weighted by atomic mass is 19.1. The number of hydrogen-bond donors (Lipinski definition) is 0. The predicted octanol–water partition coefficient (Wildman–Crippen LogP) is 3.13. The maximum Gasteiger partial charge on any atom is 0.127 e. The van der Waals surface area contributed by atoms with Gasteiger partial charge in [0, 0.05) is 6.07 Å². The van der Waals surface area contributed by atoms with Gasteiger partial charge in [-0.25, -0.2) is 4.39 Å². The lowest BCUT2D eigenvalue weighted by molar-refractivity contribution is 0.408. The first-order valence-corrected chi connectivity index (χ1v) is 4.28. The van der Waals surface area contributed by atoms with Crippen LogP contribution in [0.4, 0.5) is 4.39 Å². The lowest BCUT2D eigenvalue weighted by Crippen LogP contribution is -2.11. The first-order chi connectivity index (χ1) is 5.93. The summed E-state index contributed by atoms with van der Waals surface area (Å²) in [7, 11) is 1.54. The molecule has 0 radical (unpaired) electrons. The molecule has 0 atom stereocenters. The fourth-order valence-corrected chi connectivity index (χ4v) is 1.11. The summed E-state index contributed by atoms with van der Waals surface area (Å²) in [6.07, 6.45) is 0. The smallest absolute Gasteiger partial charge is 0.127 e. The van der Waals surface area contributed by atoms with Gasteiger partial charge in [0.25, 0.3) is 0 Å². The van der Waals surface area contributed by atoms with Crippen LogP contribution in [0.25, 0.3) is 0 Å². The molecule has 0 aromatic heterocycles. The largest absolute Gasteiger partial charge is 0.497 e. The van der Waals surface area contributed by atoms with E-state index in [-0.39, 0.29) is 11.2 Å². The average Bonchev–Trinajstić information content (AvgIpc) is 2.01. The van der Waals surface area contributed by atoms with E-state index < -0.39 is 0 Å². The van der Waals surface area contributed by atoms with Crippen LogP contribution in [0.3, 0.4) is 0 Å². The molecule has 0 spiro atoms. The number of halogens is 1. The molecule has 0 saturated carbocycles. The highest BCUT2D eigenvalue weighted by Gasteiger charge is 2.15. The molecule has 1 aromatic rings. The molecular formula is C11H15FO. The minimum atomic E-state index is -0.246. The number of methoxy groups -OCH3 is 1. The van der Waals surface area contributed by atoms with Crippen LogP contribution >= 0.6 is 0 Å². The zero-order chi connectivity index (χ0) is 10.1. The predicted molar refractivity (Wildman–Crippen MR) is 51.7 cm³/mol. The van der Waals surface area contributed by atoms with E-state index >= 15 is 0 Å². The number of benzene rings is 1. The second-order valence-electron chi connectivity index (χ2n) is 4.13. The van der Waals surface area contributed by atoms with Gasteiger partial charge in [0.15, 0.2) is 0 Å². The highest BCUT2D eigenvalue weighted by molar-refractivity contribution is 5.33. The van der Waals surface area contributed by atoms with Crippen molar-refractivity contribution in [2.24, 2.45) is 0 Å². The standard InChI is InChI=1S/C11H15FO/c1-11(2,3)8-5-9(12)7-10(6-8)13-4/h5-7H,1-4H3. The molecule has 0 heterocycles. The molecule has 0 saturated heterocycles. The van der Waals surface area contributed by atoms with E-state index in [0.29, 0.717) is 5.75 Å². The van der Waals surface area contributed by atoms with E-state index in [1.54, 1.807) is 13.2 Å². The van der Waals surface area contributed by atoms with Gasteiger partial charge >= 0.3 is 0 Å². The molecule has 13 heavy (non-hydrogen) atoms. The molecule has 1 nitrogen and oxygen atoms in total. The summed E-state index contributed by atoms with van der Waals surface area (Å²) < 4.78 is 18.1. The zero-order valence-electron chi connectivity index (χ0n) is 8.52. The van der Waals surface area contributed by atoms with Crippen molar-refractivity contribution >= 4 is 0 Å². The summed E-state index contributed by atoms with van der Waals surface area (Å²) in [5.74, 6) is 0.328. The lowest BCUT2D eigenvalue weighted by atomic mass is 9.87. The summed E-state index contributed by atoms with van der Waals surface area (Å²) >= 11 is 0. The van der Waals surface area contributed by atoms with Crippen molar-refractivity contribution in [3.8, 4) is 5.75 Å². The molecule has 0 N–H and O–H groups in total. The second kappa shape index (κ2) is 3.36. The van der Waals surface area contributed by atoms with E-state index in [4.69, 9.17) is 4.74 Å². The Morgan fingerprint density at radius 3 is 2.23 bits per heavy atom. The van der Waals surface area contributed by atoms with Crippen LogP contribution in [0, 0.1) is 5.82 Å². The van der Waals surface area contributed by atoms with Crippen molar-refractivity contribution in [3.05, 3.63) is 29.6 Å². The summed E-state index contributed by atoms with van der Waals surface area (Å²) in [4.78, 5) is 0. The summed E-state index contributed by atoms with van der Waals surface area (Å²) in [6.45, 7) is 6.13. The van der Waals surface area contributed by atoms with Gasteiger partial charge in [-0.3, -0.25) is 0 Å². The Morgan fingerprint density at radius 1 is 1.15 bits per heavy atom. The molecule has 0 aliphatic heterocycles. The third kappa shape index (κ3) is 2.44. The lowest BCUT2D eigenvalue weighted by Gasteiger charge is -2.19. The van der Waals surface area contributed by atoms with Crippen LogP contribution < -0.4 is 4.74 Å². The van der Waals surface area contributed by atoms with Gasteiger partial charge in [0.2, 0.25) is 0 Å². The van der Waals surface area contributed by atoms with Crippen LogP contribution in [0.1, 0.15) is 26.3 Å². The SMILES string of the molecule is COc1cc(F)cc(C(C)(C)C)c1. The van der Waals surface area contributed by atoms with Crippen LogP contribution in [0.15, 0.2) is 18.2 Å². The molecule has 0 unspecified atom stereocenters. The molecule has 0 fully saturated rings. The van der Waals surface area contributed by atoms with Crippen molar-refractivity contribution < 1.29 is 9.13 Å². The van der Waals surface area contributed by atoms with Gasteiger partial charge in [-0.1, -0.05) is 20.8 Å². The average molecular weight is 182 g/mol. The van der Waals surface area contributed by atoms with Crippen molar-refractivity contribution in [2.75, 3.05) is 7.11 Å². The fraction of sp³-hybridized carbons (Fsp3) is 0.455. The minimum Gasteiger partial charge on any atom is -0.497 e. The molecule has 0 bridgehead atoms. The molecule has 1 rings (SSSR count). The zero-order valence-corrected chi connectivity index (χ0v) is 8.52. The normalized spacial score (nSPS) is 11.5. The number of hydrogen-bond acceptors (Lipinski definition) is 1. The minimum absolute atomic E-state index is 0.0462. The van der Waals surface area contributed by atoms with Gasteiger partial charge in [0.05, 0.1) is 7.11 Å². The Bertz CT molecular complexity index is 299. The Hall–Kier alpha value is -1.05. The quantitative estimate of drug-likeness (QED) is 0.648. The van der Waals surface area contributed by atoms with E-state index in [0.717, 1.165) is 5.56 Å². The maximum absolute atomic E-state index is 13.1. The van der Waals surface area contributed by atoms with Gasteiger partial charge < -0.3 is 4.74 Å². The topological polar surface area (TPSA) is 9.23 Å². The van der Waals surface area contributed by atoms with Crippen LogP contribution in [0.5, 0.6) is 5.75 Å². The first kappa shape index (κ1) is 10.0. The van der Waals surface area contributed by atoms with Crippen LogP contribution in [-0.4, -0.2) is 7.11 Å². The molecule has 1 aromatic carbocycles. The molecule has 0 aliphatic carbocycles. The van der Waals surface area contributed by atoms with Gasteiger partial charge in [-0.05, 0) is 23.1 Å². The molecule has 0 amide bonds. The van der Waals surface area contributed by atoms with E-state index in [1.165, 1.54) is 6.07 Å². The third-order valence-corrected chi connectivity index (χ3v) is 1.97. The number of rotatable bonds is 1. The van der Waals surface area contributed by atoms with Crippen molar-refractivity contribution in [1.82, 2.24) is 0 Å². The second-order valence-corrected chi connectivity index (χ2v) is 4.13. The monoisotopic (exact) mass is 182 g/mol. The van der Waals surface area contributed by atoms with Crippen LogP contribution in [-0.2, 0) is 5.41 Å². The van der Waals surface area contributed by atoms with E-state index in [1.807, 2.05) is 26.8 Å². The first-order valence-electron chi connectivity index (χ1n) is 4.28. The Kier molecular flexibility index (Phi) is 2.60. The maximum atomic E-state index is 13.1. The van der Waals surface area contributed by atoms with Gasteiger partial charge in [-0.15, -0.1) is 0 Å². The Labute approximate surface area is 78.5 Å². The third-order valence-electron chi connectivity index (χ3n) is 1.97. The van der Waals surface area contributed by atoms with Crippen molar-refractivity contribution in [1.29, 1.82) is 0 Å². The summed E-state index contributed by atoms with van der Waals surface area (Å²) in [6, 6.07) is 4.79. The van der Waals surface area contributed by atoms with Crippen LogP contribution in [0.2, 0.25) is 0 Å². The van der Waals surface area contributed by atoms with E-state index in [9.17, 15) is 4.39 Å². The van der Waals surface area contributed by atoms with Crippen molar-refractivity contribution in [2.45, 2.75) is 26.2 Å². The fourth-order valence-electron chi connectivity index (χ4n) is 1.11. The molecule has 2 heteroatoms.